The highest BCUT2D eigenvalue weighted by Crippen LogP contribution is 2.27. The van der Waals surface area contributed by atoms with E-state index in [2.05, 4.69) is 20.3 Å². The number of amides is 1. The van der Waals surface area contributed by atoms with Crippen LogP contribution in [0.2, 0.25) is 0 Å². The van der Waals surface area contributed by atoms with E-state index in [-0.39, 0.29) is 17.3 Å². The summed E-state index contributed by atoms with van der Waals surface area (Å²) in [5.74, 6) is 0.300. The van der Waals surface area contributed by atoms with E-state index >= 15 is 0 Å². The number of ether oxygens (including phenoxy) is 1. The molecule has 0 saturated heterocycles. The van der Waals surface area contributed by atoms with Gasteiger partial charge in [0.2, 0.25) is 11.6 Å². The third-order valence-corrected chi connectivity index (χ3v) is 4.01. The lowest BCUT2D eigenvalue weighted by molar-refractivity contribution is 0.0989. The quantitative estimate of drug-likeness (QED) is 0.773. The standard InChI is InChI=1S/C13H15N3O4S/c1-20-13(19)14-4-2-3-5-21-10-6-9(17)11-8(12(10)18)7-15-16-11/h6-7H,2-5H2,1H3,(H,14,19)(H,15,16). The Morgan fingerprint density at radius 3 is 3.00 bits per heavy atom. The highest BCUT2D eigenvalue weighted by Gasteiger charge is 2.27. The van der Waals surface area contributed by atoms with Crippen LogP contribution in [0.3, 0.4) is 0 Å². The van der Waals surface area contributed by atoms with Gasteiger partial charge < -0.3 is 10.1 Å². The van der Waals surface area contributed by atoms with Crippen molar-refractivity contribution in [1.29, 1.82) is 0 Å². The summed E-state index contributed by atoms with van der Waals surface area (Å²) in [6.45, 7) is 0.519. The SMILES string of the molecule is COC(=O)NCCCCSC1=CC(=O)c2[nH]ncc2C1=O. The van der Waals surface area contributed by atoms with Gasteiger partial charge in [-0.2, -0.15) is 5.10 Å². The zero-order valence-electron chi connectivity index (χ0n) is 11.5. The van der Waals surface area contributed by atoms with Gasteiger partial charge in [0.05, 0.1) is 23.8 Å². The molecule has 0 radical (unpaired) electrons. The van der Waals surface area contributed by atoms with Gasteiger partial charge in [-0.05, 0) is 18.6 Å². The highest BCUT2D eigenvalue weighted by molar-refractivity contribution is 8.04. The molecular formula is C13H15N3O4S. The molecule has 1 aromatic rings. The summed E-state index contributed by atoms with van der Waals surface area (Å²) in [6, 6.07) is 0. The van der Waals surface area contributed by atoms with Gasteiger partial charge in [0.25, 0.3) is 0 Å². The van der Waals surface area contributed by atoms with Crippen molar-refractivity contribution < 1.29 is 19.1 Å². The Hall–Kier alpha value is -2.09. The van der Waals surface area contributed by atoms with Crippen LogP contribution >= 0.6 is 11.8 Å². The number of aromatic amines is 1. The number of methoxy groups -OCH3 is 1. The highest BCUT2D eigenvalue weighted by atomic mass is 32.2. The fourth-order valence-corrected chi connectivity index (χ4v) is 2.81. The van der Waals surface area contributed by atoms with Crippen molar-refractivity contribution in [3.63, 3.8) is 0 Å². The monoisotopic (exact) mass is 309 g/mol. The number of aromatic nitrogens is 2. The van der Waals surface area contributed by atoms with Crippen LogP contribution in [0, 0.1) is 0 Å². The minimum Gasteiger partial charge on any atom is -0.453 e. The number of carbonyl (C=O) groups excluding carboxylic acids is 3. The number of nitrogens with zero attached hydrogens (tertiary/aromatic N) is 1. The Bertz CT molecular complexity index is 594. The van der Waals surface area contributed by atoms with Crippen LogP contribution in [0.25, 0.3) is 0 Å². The molecule has 0 atom stereocenters. The number of Topliss-reactive ketones (excluding diaryl/α,β-unsaturated/α-hetero) is 1. The van der Waals surface area contributed by atoms with Gasteiger partial charge in [-0.15, -0.1) is 11.8 Å². The molecule has 1 amide bonds. The van der Waals surface area contributed by atoms with Crippen LogP contribution in [0.4, 0.5) is 4.79 Å². The van der Waals surface area contributed by atoms with Crippen LogP contribution in [0.5, 0.6) is 0 Å². The summed E-state index contributed by atoms with van der Waals surface area (Å²) in [6.07, 6.45) is 3.86. The first kappa shape index (κ1) is 15.3. The van der Waals surface area contributed by atoms with E-state index in [1.54, 1.807) is 0 Å². The molecule has 0 unspecified atom stereocenters. The Kier molecular flexibility index (Phi) is 5.15. The molecule has 0 fully saturated rings. The van der Waals surface area contributed by atoms with Crippen LogP contribution in [-0.4, -0.2) is 47.3 Å². The van der Waals surface area contributed by atoms with Gasteiger partial charge in [-0.25, -0.2) is 4.79 Å². The summed E-state index contributed by atoms with van der Waals surface area (Å²) in [4.78, 5) is 35.1. The largest absolute Gasteiger partial charge is 0.453 e. The topological polar surface area (TPSA) is 101 Å². The third kappa shape index (κ3) is 3.72. The smallest absolute Gasteiger partial charge is 0.406 e. The van der Waals surface area contributed by atoms with Crippen LogP contribution in [-0.2, 0) is 4.74 Å². The maximum atomic E-state index is 12.1. The lowest BCUT2D eigenvalue weighted by Crippen LogP contribution is -2.24. The number of fused-ring (bicyclic) bond motifs is 1. The molecule has 21 heavy (non-hydrogen) atoms. The van der Waals surface area contributed by atoms with Gasteiger partial charge in [-0.3, -0.25) is 14.7 Å². The lowest BCUT2D eigenvalue weighted by Gasteiger charge is -2.10. The van der Waals surface area contributed by atoms with Crippen molar-refractivity contribution in [2.45, 2.75) is 12.8 Å². The number of allylic oxidation sites excluding steroid dienone is 2. The fraction of sp³-hybridized carbons (Fsp3) is 0.385. The molecule has 2 rings (SSSR count). The Labute approximate surface area is 125 Å². The molecular weight excluding hydrogens is 294 g/mol. The second kappa shape index (κ2) is 7.07. The predicted octanol–water partition coefficient (Wildman–Crippen LogP) is 1.54. The molecule has 112 valence electrons. The summed E-state index contributed by atoms with van der Waals surface area (Å²) >= 11 is 1.35. The molecule has 7 nitrogen and oxygen atoms in total. The van der Waals surface area contributed by atoms with E-state index in [9.17, 15) is 14.4 Å². The van der Waals surface area contributed by atoms with Crippen molar-refractivity contribution in [2.75, 3.05) is 19.4 Å². The minimum atomic E-state index is -0.453. The average molecular weight is 309 g/mol. The molecule has 0 spiro atoms. The summed E-state index contributed by atoms with van der Waals surface area (Å²) in [7, 11) is 1.31. The molecule has 0 aromatic carbocycles. The van der Waals surface area contributed by atoms with E-state index in [0.29, 0.717) is 22.8 Å². The number of alkyl carbamates (subject to hydrolysis) is 1. The first-order valence-corrected chi connectivity index (χ1v) is 7.40. The number of rotatable bonds is 6. The number of nitrogens with one attached hydrogen (secondary N) is 2. The molecule has 2 N–H and O–H groups in total. The fourth-order valence-electron chi connectivity index (χ4n) is 1.81. The van der Waals surface area contributed by atoms with Crippen LogP contribution in [0.1, 0.15) is 33.7 Å². The van der Waals surface area contributed by atoms with Crippen molar-refractivity contribution in [2.24, 2.45) is 0 Å². The number of carbonyl (C=O) groups is 3. The van der Waals surface area contributed by atoms with Crippen molar-refractivity contribution in [1.82, 2.24) is 15.5 Å². The molecule has 0 aliphatic heterocycles. The Morgan fingerprint density at radius 1 is 1.43 bits per heavy atom. The van der Waals surface area contributed by atoms with Crippen molar-refractivity contribution >= 4 is 29.4 Å². The van der Waals surface area contributed by atoms with E-state index in [1.807, 2.05) is 0 Å². The van der Waals surface area contributed by atoms with Crippen molar-refractivity contribution in [3.8, 4) is 0 Å². The van der Waals surface area contributed by atoms with Gasteiger partial charge in [0, 0.05) is 12.6 Å². The first-order chi connectivity index (χ1) is 10.1. The maximum Gasteiger partial charge on any atom is 0.406 e. The Balaban J connectivity index is 1.76. The maximum absolute atomic E-state index is 12.1. The molecule has 1 heterocycles. The first-order valence-electron chi connectivity index (χ1n) is 6.42. The normalized spacial score (nSPS) is 13.7. The summed E-state index contributed by atoms with van der Waals surface area (Å²) in [5.41, 5.74) is 0.587. The zero-order chi connectivity index (χ0) is 15.2. The van der Waals surface area contributed by atoms with Gasteiger partial charge in [-0.1, -0.05) is 0 Å². The number of hydrogen-bond acceptors (Lipinski definition) is 6. The van der Waals surface area contributed by atoms with E-state index < -0.39 is 6.09 Å². The third-order valence-electron chi connectivity index (χ3n) is 2.90. The van der Waals surface area contributed by atoms with Gasteiger partial charge in [0.15, 0.2) is 0 Å². The average Bonchev–Trinajstić information content (AvgIpc) is 2.97. The second-order valence-electron chi connectivity index (χ2n) is 4.33. The zero-order valence-corrected chi connectivity index (χ0v) is 12.3. The number of thioether (sulfide) groups is 1. The number of hydrogen-bond donors (Lipinski definition) is 2. The van der Waals surface area contributed by atoms with Crippen LogP contribution < -0.4 is 5.32 Å². The van der Waals surface area contributed by atoms with E-state index in [1.165, 1.54) is 31.1 Å². The number of ketones is 2. The second-order valence-corrected chi connectivity index (χ2v) is 5.47. The summed E-state index contributed by atoms with van der Waals surface area (Å²) < 4.78 is 4.45. The van der Waals surface area contributed by atoms with Gasteiger partial charge >= 0.3 is 6.09 Å². The number of unbranched alkanes of at least 4 members (excludes halogenated alkanes) is 1. The minimum absolute atomic E-state index is 0.170. The summed E-state index contributed by atoms with van der Waals surface area (Å²) in [5, 5.41) is 8.83. The molecule has 8 heteroatoms. The van der Waals surface area contributed by atoms with Crippen LogP contribution in [0.15, 0.2) is 17.2 Å². The van der Waals surface area contributed by atoms with Gasteiger partial charge in [0.1, 0.15) is 5.69 Å². The van der Waals surface area contributed by atoms with E-state index in [4.69, 9.17) is 0 Å². The lowest BCUT2D eigenvalue weighted by atomic mass is 10.0. The molecule has 1 aliphatic carbocycles. The van der Waals surface area contributed by atoms with Crippen molar-refractivity contribution in [3.05, 3.63) is 28.4 Å². The molecule has 1 aliphatic rings. The number of H-pyrrole nitrogens is 1. The molecule has 1 aromatic heterocycles. The van der Waals surface area contributed by atoms with E-state index in [0.717, 1.165) is 12.8 Å². The molecule has 0 bridgehead atoms. The predicted molar refractivity (Wildman–Crippen MR) is 77.4 cm³/mol. The molecule has 0 saturated carbocycles. The Morgan fingerprint density at radius 2 is 2.24 bits per heavy atom.